The van der Waals surface area contributed by atoms with Crippen molar-refractivity contribution in [2.24, 2.45) is 7.05 Å². The van der Waals surface area contributed by atoms with Gasteiger partial charge in [-0.2, -0.15) is 0 Å². The SMILES string of the molecule is CC(NC(=O)CSc1nnc(COc2ccc(F)c(Cl)c2)n1C)c1ccccc1. The van der Waals surface area contributed by atoms with Crippen LogP contribution in [0.1, 0.15) is 24.4 Å². The van der Waals surface area contributed by atoms with Crippen molar-refractivity contribution in [2.45, 2.75) is 24.7 Å². The van der Waals surface area contributed by atoms with Crippen molar-refractivity contribution in [1.82, 2.24) is 20.1 Å². The highest BCUT2D eigenvalue weighted by Crippen LogP contribution is 2.22. The summed E-state index contributed by atoms with van der Waals surface area (Å²) < 4.78 is 20.5. The van der Waals surface area contributed by atoms with E-state index in [1.54, 1.807) is 11.6 Å². The second-order valence-electron chi connectivity index (χ2n) is 6.31. The zero-order valence-corrected chi connectivity index (χ0v) is 17.5. The topological polar surface area (TPSA) is 69.0 Å². The van der Waals surface area contributed by atoms with Gasteiger partial charge in [0.05, 0.1) is 16.8 Å². The van der Waals surface area contributed by atoms with Crippen molar-refractivity contribution < 1.29 is 13.9 Å². The predicted molar refractivity (Wildman–Crippen MR) is 110 cm³/mol. The second-order valence-corrected chi connectivity index (χ2v) is 7.66. The Hall–Kier alpha value is -2.58. The molecule has 152 valence electrons. The van der Waals surface area contributed by atoms with Crippen LogP contribution in [0.4, 0.5) is 4.39 Å². The first-order chi connectivity index (χ1) is 13.9. The zero-order valence-electron chi connectivity index (χ0n) is 15.9. The van der Waals surface area contributed by atoms with Gasteiger partial charge in [-0.25, -0.2) is 4.39 Å². The van der Waals surface area contributed by atoms with Crippen LogP contribution in [0.3, 0.4) is 0 Å². The molecule has 9 heteroatoms. The molecule has 29 heavy (non-hydrogen) atoms. The summed E-state index contributed by atoms with van der Waals surface area (Å²) in [5.74, 6) is 0.635. The smallest absolute Gasteiger partial charge is 0.230 e. The summed E-state index contributed by atoms with van der Waals surface area (Å²) >= 11 is 7.04. The van der Waals surface area contributed by atoms with Gasteiger partial charge in [-0.15, -0.1) is 10.2 Å². The van der Waals surface area contributed by atoms with E-state index < -0.39 is 5.82 Å². The molecule has 1 amide bonds. The Bertz CT molecular complexity index is 984. The normalized spacial score (nSPS) is 11.9. The fourth-order valence-corrected chi connectivity index (χ4v) is 3.46. The summed E-state index contributed by atoms with van der Waals surface area (Å²) in [5.41, 5.74) is 1.05. The average Bonchev–Trinajstić information content (AvgIpc) is 3.07. The number of rotatable bonds is 8. The van der Waals surface area contributed by atoms with Gasteiger partial charge in [0, 0.05) is 13.1 Å². The van der Waals surface area contributed by atoms with E-state index in [0.717, 1.165) is 5.56 Å². The molecule has 0 fully saturated rings. The maximum absolute atomic E-state index is 13.2. The van der Waals surface area contributed by atoms with Crippen molar-refractivity contribution in [3.63, 3.8) is 0 Å². The Kier molecular flexibility index (Phi) is 7.11. The lowest BCUT2D eigenvalue weighted by atomic mass is 10.1. The van der Waals surface area contributed by atoms with Gasteiger partial charge in [0.15, 0.2) is 11.0 Å². The molecule has 1 heterocycles. The van der Waals surface area contributed by atoms with Gasteiger partial charge in [0.1, 0.15) is 18.2 Å². The van der Waals surface area contributed by atoms with E-state index in [4.69, 9.17) is 16.3 Å². The van der Waals surface area contributed by atoms with Gasteiger partial charge in [-0.1, -0.05) is 53.7 Å². The minimum atomic E-state index is -0.503. The van der Waals surface area contributed by atoms with Crippen LogP contribution >= 0.6 is 23.4 Å². The number of aromatic nitrogens is 3. The molecule has 0 aliphatic rings. The number of carbonyl (C=O) groups excluding carboxylic acids is 1. The van der Waals surface area contributed by atoms with E-state index in [2.05, 4.69) is 15.5 Å². The molecular formula is C20H20ClFN4O2S. The predicted octanol–water partition coefficient (Wildman–Crippen LogP) is 4.16. The molecule has 0 spiro atoms. The van der Waals surface area contributed by atoms with E-state index in [1.165, 1.54) is 30.0 Å². The van der Waals surface area contributed by atoms with Crippen molar-refractivity contribution in [1.29, 1.82) is 0 Å². The lowest BCUT2D eigenvalue weighted by Gasteiger charge is -2.14. The summed E-state index contributed by atoms with van der Waals surface area (Å²) in [5, 5.41) is 11.7. The number of hydrogen-bond donors (Lipinski definition) is 1. The summed E-state index contributed by atoms with van der Waals surface area (Å²) in [7, 11) is 1.79. The Labute approximate surface area is 177 Å². The lowest BCUT2D eigenvalue weighted by molar-refractivity contribution is -0.119. The van der Waals surface area contributed by atoms with Crippen LogP contribution in [0.5, 0.6) is 5.75 Å². The molecule has 1 N–H and O–H groups in total. The molecule has 0 aliphatic carbocycles. The number of hydrogen-bond acceptors (Lipinski definition) is 5. The van der Waals surface area contributed by atoms with Crippen LogP contribution in [-0.2, 0) is 18.4 Å². The number of halogens is 2. The third-order valence-corrected chi connectivity index (χ3v) is 5.50. The van der Waals surface area contributed by atoms with Crippen molar-refractivity contribution in [3.8, 4) is 5.75 Å². The highest BCUT2D eigenvalue weighted by molar-refractivity contribution is 7.99. The third-order valence-electron chi connectivity index (χ3n) is 4.19. The molecule has 3 rings (SSSR count). The first-order valence-electron chi connectivity index (χ1n) is 8.87. The quantitative estimate of drug-likeness (QED) is 0.539. The minimum Gasteiger partial charge on any atom is -0.486 e. The monoisotopic (exact) mass is 434 g/mol. The second kappa shape index (κ2) is 9.76. The van der Waals surface area contributed by atoms with Crippen LogP contribution in [0.2, 0.25) is 5.02 Å². The maximum atomic E-state index is 13.2. The number of benzene rings is 2. The summed E-state index contributed by atoms with van der Waals surface area (Å²) in [6, 6.07) is 13.8. The molecule has 0 aliphatic heterocycles. The minimum absolute atomic E-state index is 0.00699. The Morgan fingerprint density at radius 3 is 2.76 bits per heavy atom. The van der Waals surface area contributed by atoms with Crippen LogP contribution in [0.15, 0.2) is 53.7 Å². The summed E-state index contributed by atoms with van der Waals surface area (Å²) in [4.78, 5) is 12.2. The molecule has 3 aromatic rings. The van der Waals surface area contributed by atoms with E-state index >= 15 is 0 Å². The Morgan fingerprint density at radius 1 is 1.28 bits per heavy atom. The number of ether oxygens (including phenoxy) is 1. The number of nitrogens with one attached hydrogen (secondary N) is 1. The lowest BCUT2D eigenvalue weighted by Crippen LogP contribution is -2.28. The molecule has 0 bridgehead atoms. The van der Waals surface area contributed by atoms with E-state index in [-0.39, 0.29) is 29.3 Å². The van der Waals surface area contributed by atoms with Crippen molar-refractivity contribution >= 4 is 29.3 Å². The summed E-state index contributed by atoms with van der Waals surface area (Å²) in [6.07, 6.45) is 0. The van der Waals surface area contributed by atoms with E-state index in [1.807, 2.05) is 37.3 Å². The molecule has 0 radical (unpaired) electrons. The fourth-order valence-electron chi connectivity index (χ4n) is 2.55. The molecule has 1 unspecified atom stereocenters. The highest BCUT2D eigenvalue weighted by atomic mass is 35.5. The van der Waals surface area contributed by atoms with E-state index in [9.17, 15) is 9.18 Å². The van der Waals surface area contributed by atoms with Crippen molar-refractivity contribution in [3.05, 3.63) is 70.8 Å². The molecular weight excluding hydrogens is 415 g/mol. The maximum Gasteiger partial charge on any atom is 0.230 e. The number of nitrogens with zero attached hydrogens (tertiary/aromatic N) is 3. The number of thioether (sulfide) groups is 1. The molecule has 6 nitrogen and oxygen atoms in total. The van der Waals surface area contributed by atoms with Crippen LogP contribution in [0.25, 0.3) is 0 Å². The molecule has 0 saturated carbocycles. The molecule has 1 aromatic heterocycles. The Morgan fingerprint density at radius 2 is 2.03 bits per heavy atom. The standard InChI is InChI=1S/C20H20ClFN4O2S/c1-13(14-6-4-3-5-7-14)23-19(27)12-29-20-25-24-18(26(20)2)11-28-15-8-9-17(22)16(21)10-15/h3-10,13H,11-12H2,1-2H3,(H,23,27). The van der Waals surface area contributed by atoms with Gasteiger partial charge in [0.2, 0.25) is 5.91 Å². The van der Waals surface area contributed by atoms with Gasteiger partial charge < -0.3 is 14.6 Å². The van der Waals surface area contributed by atoms with Crippen LogP contribution in [-0.4, -0.2) is 26.4 Å². The fraction of sp³-hybridized carbons (Fsp3) is 0.250. The van der Waals surface area contributed by atoms with Crippen LogP contribution in [0, 0.1) is 5.82 Å². The highest BCUT2D eigenvalue weighted by Gasteiger charge is 2.14. The first kappa shape index (κ1) is 21.1. The van der Waals surface area contributed by atoms with Gasteiger partial charge >= 0.3 is 0 Å². The average molecular weight is 435 g/mol. The third kappa shape index (κ3) is 5.71. The molecule has 0 saturated heterocycles. The largest absolute Gasteiger partial charge is 0.486 e. The number of carbonyl (C=O) groups is 1. The van der Waals surface area contributed by atoms with Crippen LogP contribution < -0.4 is 10.1 Å². The summed E-state index contributed by atoms with van der Waals surface area (Å²) in [6.45, 7) is 2.08. The van der Waals surface area contributed by atoms with Gasteiger partial charge in [0.25, 0.3) is 0 Å². The van der Waals surface area contributed by atoms with Crippen molar-refractivity contribution in [2.75, 3.05) is 5.75 Å². The van der Waals surface area contributed by atoms with E-state index in [0.29, 0.717) is 16.7 Å². The first-order valence-corrected chi connectivity index (χ1v) is 10.2. The molecule has 1 atom stereocenters. The number of amides is 1. The van der Waals surface area contributed by atoms with Gasteiger partial charge in [-0.05, 0) is 24.6 Å². The Balaban J connectivity index is 1.51. The van der Waals surface area contributed by atoms with Gasteiger partial charge in [-0.3, -0.25) is 4.79 Å². The zero-order chi connectivity index (χ0) is 20.8. The molecule has 2 aromatic carbocycles.